The lowest BCUT2D eigenvalue weighted by Crippen LogP contribution is -2.30. The van der Waals surface area contributed by atoms with Crippen LogP contribution in [-0.4, -0.2) is 15.5 Å². The molecule has 2 aromatic rings. The van der Waals surface area contributed by atoms with E-state index < -0.39 is 0 Å². The molecule has 17 heavy (non-hydrogen) atoms. The summed E-state index contributed by atoms with van der Waals surface area (Å²) in [5.74, 6) is 6.65. The van der Waals surface area contributed by atoms with Gasteiger partial charge in [-0.3, -0.25) is 5.43 Å². The molecule has 2 heterocycles. The number of nitrogens with zero attached hydrogens (tertiary/aromatic N) is 2. The molecule has 5 nitrogen and oxygen atoms in total. The molecule has 0 saturated heterocycles. The van der Waals surface area contributed by atoms with Crippen molar-refractivity contribution in [3.8, 4) is 0 Å². The molecule has 0 bridgehead atoms. The number of aromatic nitrogens is 2. The van der Waals surface area contributed by atoms with E-state index in [1.807, 2.05) is 11.4 Å². The molecule has 0 aliphatic carbocycles. The molecule has 0 saturated carbocycles. The van der Waals surface area contributed by atoms with E-state index in [0.29, 0.717) is 5.95 Å². The van der Waals surface area contributed by atoms with Gasteiger partial charge in [0.05, 0.1) is 5.39 Å². The Hall–Kier alpha value is -1.40. The fraction of sp³-hybridized carbons (Fsp3) is 0.455. The predicted octanol–water partition coefficient (Wildman–Crippen LogP) is 2.58. The van der Waals surface area contributed by atoms with Crippen molar-refractivity contribution in [3.05, 3.63) is 11.4 Å². The van der Waals surface area contributed by atoms with Crippen LogP contribution in [0.4, 0.5) is 11.8 Å². The highest BCUT2D eigenvalue weighted by atomic mass is 32.1. The minimum Gasteiger partial charge on any atom is -0.364 e. The Morgan fingerprint density at radius 2 is 2.18 bits per heavy atom. The summed E-state index contributed by atoms with van der Waals surface area (Å²) in [5, 5.41) is 6.47. The number of anilines is 2. The first-order chi connectivity index (χ1) is 8.05. The SMILES string of the molecule is CCC(C)(C)Nc1nc(NN)nc2sccc12. The van der Waals surface area contributed by atoms with Crippen LogP contribution in [0.3, 0.4) is 0 Å². The quantitative estimate of drug-likeness (QED) is 0.575. The standard InChI is InChI=1S/C11H17N5S/c1-4-11(2,3)15-8-7-5-6-17-9(7)14-10(13-8)16-12/h5-6H,4,12H2,1-3H3,(H2,13,14,15,16). The van der Waals surface area contributed by atoms with Gasteiger partial charge in [0.1, 0.15) is 10.6 Å². The van der Waals surface area contributed by atoms with Gasteiger partial charge in [-0.05, 0) is 31.7 Å². The van der Waals surface area contributed by atoms with Crippen molar-refractivity contribution in [2.24, 2.45) is 5.84 Å². The fourth-order valence-corrected chi connectivity index (χ4v) is 2.19. The highest BCUT2D eigenvalue weighted by Crippen LogP contribution is 2.28. The molecule has 2 aromatic heterocycles. The van der Waals surface area contributed by atoms with Gasteiger partial charge >= 0.3 is 0 Å². The summed E-state index contributed by atoms with van der Waals surface area (Å²) < 4.78 is 0. The molecule has 0 aliphatic rings. The van der Waals surface area contributed by atoms with E-state index in [1.165, 1.54) is 0 Å². The van der Waals surface area contributed by atoms with E-state index in [1.54, 1.807) is 11.3 Å². The monoisotopic (exact) mass is 251 g/mol. The molecule has 0 unspecified atom stereocenters. The Morgan fingerprint density at radius 1 is 1.41 bits per heavy atom. The number of hydrazine groups is 1. The summed E-state index contributed by atoms with van der Waals surface area (Å²) in [6, 6.07) is 2.02. The summed E-state index contributed by atoms with van der Waals surface area (Å²) in [5.41, 5.74) is 2.49. The van der Waals surface area contributed by atoms with E-state index in [-0.39, 0.29) is 5.54 Å². The summed E-state index contributed by atoms with van der Waals surface area (Å²) in [7, 11) is 0. The number of hydrogen-bond donors (Lipinski definition) is 3. The molecule has 0 aliphatic heterocycles. The van der Waals surface area contributed by atoms with Crippen molar-refractivity contribution in [1.82, 2.24) is 9.97 Å². The number of nitrogens with two attached hydrogens (primary N) is 1. The number of thiophene rings is 1. The van der Waals surface area contributed by atoms with Crippen LogP contribution in [0.5, 0.6) is 0 Å². The first-order valence-corrected chi connectivity index (χ1v) is 6.44. The van der Waals surface area contributed by atoms with Crippen molar-refractivity contribution >= 4 is 33.3 Å². The Bertz CT molecular complexity index is 520. The van der Waals surface area contributed by atoms with Crippen LogP contribution in [0.15, 0.2) is 11.4 Å². The fourth-order valence-electron chi connectivity index (χ4n) is 1.42. The smallest absolute Gasteiger partial charge is 0.240 e. The minimum absolute atomic E-state index is 0.00487. The molecule has 0 atom stereocenters. The highest BCUT2D eigenvalue weighted by Gasteiger charge is 2.18. The van der Waals surface area contributed by atoms with Crippen molar-refractivity contribution < 1.29 is 0 Å². The normalized spacial score (nSPS) is 11.8. The van der Waals surface area contributed by atoms with Crippen molar-refractivity contribution in [2.75, 3.05) is 10.7 Å². The first kappa shape index (κ1) is 12.1. The van der Waals surface area contributed by atoms with Gasteiger partial charge in [-0.15, -0.1) is 11.3 Å². The molecule has 2 rings (SSSR count). The number of nitrogens with one attached hydrogen (secondary N) is 2. The molecular formula is C11H17N5S. The van der Waals surface area contributed by atoms with E-state index in [0.717, 1.165) is 22.5 Å². The van der Waals surface area contributed by atoms with E-state index >= 15 is 0 Å². The van der Waals surface area contributed by atoms with Crippen molar-refractivity contribution in [3.63, 3.8) is 0 Å². The lowest BCUT2D eigenvalue weighted by molar-refractivity contribution is 0.546. The zero-order valence-corrected chi connectivity index (χ0v) is 11.1. The highest BCUT2D eigenvalue weighted by molar-refractivity contribution is 7.16. The average Bonchev–Trinajstić information content (AvgIpc) is 2.76. The van der Waals surface area contributed by atoms with Crippen LogP contribution >= 0.6 is 11.3 Å². The van der Waals surface area contributed by atoms with E-state index in [9.17, 15) is 0 Å². The van der Waals surface area contributed by atoms with Crippen LogP contribution in [0.2, 0.25) is 0 Å². The second-order valence-corrected chi connectivity index (χ2v) is 5.44. The lowest BCUT2D eigenvalue weighted by atomic mass is 10.0. The third-order valence-electron chi connectivity index (χ3n) is 2.79. The largest absolute Gasteiger partial charge is 0.364 e. The molecule has 0 radical (unpaired) electrons. The van der Waals surface area contributed by atoms with Gasteiger partial charge in [-0.25, -0.2) is 10.8 Å². The maximum Gasteiger partial charge on any atom is 0.240 e. The minimum atomic E-state index is -0.00487. The average molecular weight is 251 g/mol. The summed E-state index contributed by atoms with van der Waals surface area (Å²) in [4.78, 5) is 9.61. The Balaban J connectivity index is 2.47. The van der Waals surface area contributed by atoms with Crippen LogP contribution in [0.1, 0.15) is 27.2 Å². The molecule has 0 spiro atoms. The first-order valence-electron chi connectivity index (χ1n) is 5.56. The number of rotatable bonds is 4. The third-order valence-corrected chi connectivity index (χ3v) is 3.60. The van der Waals surface area contributed by atoms with Crippen molar-refractivity contribution in [1.29, 1.82) is 0 Å². The van der Waals surface area contributed by atoms with Gasteiger partial charge < -0.3 is 5.32 Å². The van der Waals surface area contributed by atoms with Gasteiger partial charge in [-0.1, -0.05) is 6.92 Å². The van der Waals surface area contributed by atoms with Crippen LogP contribution in [-0.2, 0) is 0 Å². The van der Waals surface area contributed by atoms with Gasteiger partial charge in [0, 0.05) is 5.54 Å². The van der Waals surface area contributed by atoms with Crippen LogP contribution < -0.4 is 16.6 Å². The Labute approximate surface area is 104 Å². The van der Waals surface area contributed by atoms with E-state index in [2.05, 4.69) is 41.5 Å². The van der Waals surface area contributed by atoms with Gasteiger partial charge in [0.25, 0.3) is 0 Å². The topological polar surface area (TPSA) is 75.9 Å². The maximum absolute atomic E-state index is 5.38. The molecule has 0 aromatic carbocycles. The van der Waals surface area contributed by atoms with Gasteiger partial charge in [0.15, 0.2) is 0 Å². The molecule has 0 amide bonds. The summed E-state index contributed by atoms with van der Waals surface area (Å²) in [6.45, 7) is 6.42. The van der Waals surface area contributed by atoms with E-state index in [4.69, 9.17) is 5.84 Å². The molecular weight excluding hydrogens is 234 g/mol. The second-order valence-electron chi connectivity index (χ2n) is 4.54. The number of hydrogen-bond acceptors (Lipinski definition) is 6. The summed E-state index contributed by atoms with van der Waals surface area (Å²) >= 11 is 1.58. The zero-order chi connectivity index (χ0) is 12.5. The number of nitrogen functional groups attached to an aromatic ring is 1. The Morgan fingerprint density at radius 3 is 2.82 bits per heavy atom. The van der Waals surface area contributed by atoms with Crippen molar-refractivity contribution in [2.45, 2.75) is 32.7 Å². The molecule has 4 N–H and O–H groups in total. The third kappa shape index (κ3) is 2.48. The molecule has 92 valence electrons. The molecule has 0 fully saturated rings. The van der Waals surface area contributed by atoms with Crippen LogP contribution in [0, 0.1) is 0 Å². The van der Waals surface area contributed by atoms with Gasteiger partial charge in [0.2, 0.25) is 5.95 Å². The second kappa shape index (κ2) is 4.46. The lowest BCUT2D eigenvalue weighted by Gasteiger charge is -2.25. The zero-order valence-electron chi connectivity index (χ0n) is 10.2. The summed E-state index contributed by atoms with van der Waals surface area (Å²) in [6.07, 6.45) is 1.01. The maximum atomic E-state index is 5.38. The predicted molar refractivity (Wildman–Crippen MR) is 73.2 cm³/mol. The number of fused-ring (bicyclic) bond motifs is 1. The van der Waals surface area contributed by atoms with Crippen LogP contribution in [0.25, 0.3) is 10.2 Å². The van der Waals surface area contributed by atoms with Gasteiger partial charge in [-0.2, -0.15) is 4.98 Å². The Kier molecular flexibility index (Phi) is 3.17. The molecule has 6 heteroatoms.